The highest BCUT2D eigenvalue weighted by molar-refractivity contribution is 8.00. The molecule has 0 radical (unpaired) electrons. The second-order valence-corrected chi connectivity index (χ2v) is 10.9. The average molecular weight is 562 g/mol. The number of rotatable bonds is 9. The summed E-state index contributed by atoms with van der Waals surface area (Å²) in [7, 11) is 0. The Labute approximate surface area is 232 Å². The Kier molecular flexibility index (Phi) is 9.18. The summed E-state index contributed by atoms with van der Waals surface area (Å²) in [5.41, 5.74) is 1.41. The smallest absolute Gasteiger partial charge is 0.272 e. The summed E-state index contributed by atoms with van der Waals surface area (Å²) in [6.45, 7) is 3.59. The van der Waals surface area contributed by atoms with E-state index in [0.29, 0.717) is 21.9 Å². The average Bonchev–Trinajstić information content (AvgIpc) is 3.35. The summed E-state index contributed by atoms with van der Waals surface area (Å²) in [6.07, 6.45) is 1.47. The first-order chi connectivity index (χ1) is 18.8. The zero-order valence-corrected chi connectivity index (χ0v) is 22.6. The van der Waals surface area contributed by atoms with Gasteiger partial charge in [0.25, 0.3) is 11.8 Å². The van der Waals surface area contributed by atoms with Gasteiger partial charge in [0, 0.05) is 16.1 Å². The third-order valence-electron chi connectivity index (χ3n) is 5.26. The van der Waals surface area contributed by atoms with Gasteiger partial charge in [-0.25, -0.2) is 4.39 Å². The number of anilines is 2. The normalized spacial score (nSPS) is 11.9. The number of aromatic nitrogens is 2. The van der Waals surface area contributed by atoms with Crippen LogP contribution in [0.2, 0.25) is 0 Å². The lowest BCUT2D eigenvalue weighted by Crippen LogP contribution is -2.30. The van der Waals surface area contributed by atoms with Gasteiger partial charge in [-0.15, -0.1) is 22.0 Å². The number of hydrogen-bond acceptors (Lipinski definition) is 7. The lowest BCUT2D eigenvalue weighted by atomic mass is 10.1. The van der Waals surface area contributed by atoms with E-state index in [-0.39, 0.29) is 11.6 Å². The van der Waals surface area contributed by atoms with E-state index in [1.807, 2.05) is 6.92 Å². The van der Waals surface area contributed by atoms with Crippen molar-refractivity contribution >= 4 is 57.7 Å². The Bertz CT molecular complexity index is 1490. The van der Waals surface area contributed by atoms with Crippen LogP contribution >= 0.6 is 23.1 Å². The Morgan fingerprint density at radius 2 is 1.62 bits per heavy atom. The zero-order valence-electron chi connectivity index (χ0n) is 21.0. The molecule has 198 valence electrons. The number of aryl methyl sites for hydroxylation is 1. The van der Waals surface area contributed by atoms with Gasteiger partial charge >= 0.3 is 0 Å². The van der Waals surface area contributed by atoms with Crippen LogP contribution in [0.1, 0.15) is 27.9 Å². The summed E-state index contributed by atoms with van der Waals surface area (Å²) in [5.74, 6) is -1.62. The number of thioether (sulfide) groups is 1. The molecule has 0 spiro atoms. The molecule has 39 heavy (non-hydrogen) atoms. The molecule has 0 fully saturated rings. The van der Waals surface area contributed by atoms with Gasteiger partial charge in [-0.2, -0.15) is 0 Å². The van der Waals surface area contributed by atoms with Crippen LogP contribution in [0.15, 0.2) is 89.5 Å². The van der Waals surface area contributed by atoms with E-state index in [0.717, 1.165) is 9.90 Å². The molecule has 1 unspecified atom stereocenters. The summed E-state index contributed by atoms with van der Waals surface area (Å²) >= 11 is 2.66. The maximum absolute atomic E-state index is 13.4. The molecule has 3 aromatic carbocycles. The predicted molar refractivity (Wildman–Crippen MR) is 152 cm³/mol. The molecule has 0 bridgehead atoms. The van der Waals surface area contributed by atoms with Crippen molar-refractivity contribution in [1.82, 2.24) is 15.5 Å². The molecular formula is C28H24FN5O3S2. The molecule has 0 aliphatic carbocycles. The largest absolute Gasteiger partial charge is 0.321 e. The highest BCUT2D eigenvalue weighted by Crippen LogP contribution is 2.26. The van der Waals surface area contributed by atoms with Crippen LogP contribution in [0.5, 0.6) is 0 Å². The van der Waals surface area contributed by atoms with Crippen molar-refractivity contribution in [2.75, 3.05) is 10.6 Å². The molecule has 0 aliphatic rings. The van der Waals surface area contributed by atoms with E-state index in [4.69, 9.17) is 0 Å². The fraction of sp³-hybridized carbons (Fsp3) is 0.107. The molecule has 0 saturated heterocycles. The van der Waals surface area contributed by atoms with Gasteiger partial charge in [-0.3, -0.25) is 19.7 Å². The number of carbonyl (C=O) groups is 3. The Morgan fingerprint density at radius 3 is 2.26 bits per heavy atom. The van der Waals surface area contributed by atoms with Crippen molar-refractivity contribution in [3.63, 3.8) is 0 Å². The van der Waals surface area contributed by atoms with Crippen LogP contribution < -0.4 is 16.0 Å². The Morgan fingerprint density at radius 1 is 0.923 bits per heavy atom. The summed E-state index contributed by atoms with van der Waals surface area (Å²) < 4.78 is 13.4. The number of nitrogens with one attached hydrogen (secondary N) is 3. The summed E-state index contributed by atoms with van der Waals surface area (Å²) in [5, 5.41) is 16.8. The van der Waals surface area contributed by atoms with Gasteiger partial charge in [0.2, 0.25) is 11.0 Å². The number of amides is 3. The van der Waals surface area contributed by atoms with Crippen LogP contribution in [0, 0.1) is 12.7 Å². The van der Waals surface area contributed by atoms with Crippen molar-refractivity contribution in [3.05, 3.63) is 107 Å². The van der Waals surface area contributed by atoms with E-state index < -0.39 is 22.9 Å². The van der Waals surface area contributed by atoms with Gasteiger partial charge in [0.15, 0.2) is 0 Å². The first-order valence-electron chi connectivity index (χ1n) is 11.8. The molecule has 4 rings (SSSR count). The highest BCUT2D eigenvalue weighted by atomic mass is 32.2. The van der Waals surface area contributed by atoms with E-state index >= 15 is 0 Å². The standard InChI is InChI=1S/C28H24FN5O3S2/c1-17(25(35)32-28-34-33-18(2)39-28)38-23-14-12-22(13-15-23)30-27(37)24(16-19-8-10-21(29)11-9-19)31-26(36)20-6-4-3-5-7-20/h3-17H,1-2H3,(H,30,37)(H,31,36)(H,32,34,35)/b24-16-. The minimum Gasteiger partial charge on any atom is -0.321 e. The first-order valence-corrected chi connectivity index (χ1v) is 13.5. The van der Waals surface area contributed by atoms with E-state index in [9.17, 15) is 18.8 Å². The number of benzene rings is 3. The number of halogens is 1. The third-order valence-corrected chi connectivity index (χ3v) is 7.13. The molecular weight excluding hydrogens is 537 g/mol. The molecule has 1 atom stereocenters. The van der Waals surface area contributed by atoms with Crippen molar-refractivity contribution in [3.8, 4) is 0 Å². The van der Waals surface area contributed by atoms with Gasteiger partial charge < -0.3 is 10.6 Å². The van der Waals surface area contributed by atoms with Crippen LogP contribution in [0.3, 0.4) is 0 Å². The topological polar surface area (TPSA) is 113 Å². The monoisotopic (exact) mass is 561 g/mol. The van der Waals surface area contributed by atoms with Crippen LogP contribution in [0.4, 0.5) is 15.2 Å². The van der Waals surface area contributed by atoms with Crippen LogP contribution in [-0.2, 0) is 9.59 Å². The van der Waals surface area contributed by atoms with Crippen molar-refractivity contribution in [2.45, 2.75) is 24.0 Å². The summed E-state index contributed by atoms with van der Waals surface area (Å²) in [6, 6.07) is 21.0. The molecule has 1 aromatic heterocycles. The van der Waals surface area contributed by atoms with Crippen LogP contribution in [0.25, 0.3) is 6.08 Å². The van der Waals surface area contributed by atoms with E-state index in [2.05, 4.69) is 26.1 Å². The van der Waals surface area contributed by atoms with E-state index in [1.165, 1.54) is 53.4 Å². The molecule has 1 heterocycles. The fourth-order valence-electron chi connectivity index (χ4n) is 3.30. The number of hydrogen-bond donors (Lipinski definition) is 3. The molecule has 3 amide bonds. The molecule has 0 saturated carbocycles. The predicted octanol–water partition coefficient (Wildman–Crippen LogP) is 5.51. The van der Waals surface area contributed by atoms with Crippen LogP contribution in [-0.4, -0.2) is 33.2 Å². The SMILES string of the molecule is Cc1nnc(NC(=O)C(C)Sc2ccc(NC(=O)/C(=C/c3ccc(F)cc3)NC(=O)c3ccccc3)cc2)s1. The molecule has 4 aromatic rings. The van der Waals surface area contributed by atoms with Crippen molar-refractivity contribution in [1.29, 1.82) is 0 Å². The van der Waals surface area contributed by atoms with Gasteiger partial charge in [-0.1, -0.05) is 41.7 Å². The minimum atomic E-state index is -0.552. The summed E-state index contributed by atoms with van der Waals surface area (Å²) in [4.78, 5) is 39.2. The molecule has 8 nitrogen and oxygen atoms in total. The second kappa shape index (κ2) is 12.9. The molecule has 11 heteroatoms. The van der Waals surface area contributed by atoms with Gasteiger partial charge in [-0.05, 0) is 74.0 Å². The lowest BCUT2D eigenvalue weighted by molar-refractivity contribution is -0.115. The second-order valence-electron chi connectivity index (χ2n) is 8.28. The lowest BCUT2D eigenvalue weighted by Gasteiger charge is -2.13. The number of carbonyl (C=O) groups excluding carboxylic acids is 3. The number of nitrogens with zero attached hydrogens (tertiary/aromatic N) is 2. The first kappa shape index (κ1) is 27.7. The Hall–Kier alpha value is -4.35. The molecule has 3 N–H and O–H groups in total. The van der Waals surface area contributed by atoms with Crippen molar-refractivity contribution < 1.29 is 18.8 Å². The van der Waals surface area contributed by atoms with Gasteiger partial charge in [0.05, 0.1) is 5.25 Å². The zero-order chi connectivity index (χ0) is 27.8. The molecule has 0 aliphatic heterocycles. The fourth-order valence-corrected chi connectivity index (χ4v) is 4.76. The maximum Gasteiger partial charge on any atom is 0.272 e. The minimum absolute atomic E-state index is 0.00822. The van der Waals surface area contributed by atoms with Crippen molar-refractivity contribution in [2.24, 2.45) is 0 Å². The third kappa shape index (κ3) is 8.06. The van der Waals surface area contributed by atoms with E-state index in [1.54, 1.807) is 61.5 Å². The quantitative estimate of drug-likeness (QED) is 0.183. The maximum atomic E-state index is 13.4. The van der Waals surface area contributed by atoms with Gasteiger partial charge in [0.1, 0.15) is 16.5 Å². The Balaban J connectivity index is 1.43. The highest BCUT2D eigenvalue weighted by Gasteiger charge is 2.18.